The minimum absolute atomic E-state index is 0.0846. The number of hydrogen-bond acceptors (Lipinski definition) is 6. The van der Waals surface area contributed by atoms with Crippen LogP contribution < -0.4 is 14.8 Å². The van der Waals surface area contributed by atoms with E-state index < -0.39 is 16.0 Å². The van der Waals surface area contributed by atoms with Crippen molar-refractivity contribution in [2.75, 3.05) is 32.1 Å². The summed E-state index contributed by atoms with van der Waals surface area (Å²) < 4.78 is 38.1. The Hall–Kier alpha value is -2.62. The average molecular weight is 435 g/mol. The van der Waals surface area contributed by atoms with Gasteiger partial charge in [0, 0.05) is 25.4 Å². The third-order valence-electron chi connectivity index (χ3n) is 4.94. The molecule has 0 bridgehead atoms. The van der Waals surface area contributed by atoms with Gasteiger partial charge in [0.15, 0.2) is 0 Å². The van der Waals surface area contributed by atoms with Gasteiger partial charge in [-0.2, -0.15) is 0 Å². The van der Waals surface area contributed by atoms with Crippen LogP contribution in [-0.2, 0) is 21.2 Å². The van der Waals surface area contributed by atoms with Crippen LogP contribution in [0.15, 0.2) is 47.4 Å². The summed E-state index contributed by atoms with van der Waals surface area (Å²) in [5, 5.41) is 12.6. The predicted molar refractivity (Wildman–Crippen MR) is 113 cm³/mol. The minimum Gasteiger partial charge on any atom is -0.497 e. The zero-order valence-electron chi connectivity index (χ0n) is 16.8. The van der Waals surface area contributed by atoms with Crippen molar-refractivity contribution in [2.45, 2.75) is 30.3 Å². The normalized spacial score (nSPS) is 16.4. The van der Waals surface area contributed by atoms with Crippen LogP contribution in [0, 0.1) is 0 Å². The molecule has 162 valence electrons. The highest BCUT2D eigenvalue weighted by Crippen LogP contribution is 2.22. The average Bonchev–Trinajstić information content (AvgIpc) is 3.26. The number of ether oxygens (including phenoxy) is 2. The molecule has 1 heterocycles. The highest BCUT2D eigenvalue weighted by Gasteiger charge is 2.22. The van der Waals surface area contributed by atoms with Crippen LogP contribution in [0.1, 0.15) is 28.8 Å². The van der Waals surface area contributed by atoms with Gasteiger partial charge in [-0.05, 0) is 55.2 Å². The Morgan fingerprint density at radius 2 is 2.00 bits per heavy atom. The highest BCUT2D eigenvalue weighted by atomic mass is 32.2. The molecule has 2 aromatic rings. The number of hydrogen-bond donors (Lipinski definition) is 3. The van der Waals surface area contributed by atoms with E-state index in [-0.39, 0.29) is 23.1 Å². The van der Waals surface area contributed by atoms with Crippen LogP contribution in [0.4, 0.5) is 5.69 Å². The number of rotatable bonds is 10. The van der Waals surface area contributed by atoms with E-state index in [9.17, 15) is 18.3 Å². The molecule has 1 fully saturated rings. The second kappa shape index (κ2) is 9.92. The van der Waals surface area contributed by atoms with Crippen molar-refractivity contribution in [1.82, 2.24) is 4.72 Å². The number of anilines is 1. The van der Waals surface area contributed by atoms with Crippen molar-refractivity contribution in [3.8, 4) is 5.75 Å². The van der Waals surface area contributed by atoms with Gasteiger partial charge in [0.05, 0.1) is 23.7 Å². The summed E-state index contributed by atoms with van der Waals surface area (Å²) in [6.45, 7) is 1.30. The number of carboxylic acids is 1. The molecule has 3 rings (SSSR count). The summed E-state index contributed by atoms with van der Waals surface area (Å²) in [5.74, 6) is -0.428. The Morgan fingerprint density at radius 1 is 1.23 bits per heavy atom. The van der Waals surface area contributed by atoms with Gasteiger partial charge >= 0.3 is 5.97 Å². The second-order valence-corrected chi connectivity index (χ2v) is 8.79. The third-order valence-corrected chi connectivity index (χ3v) is 6.37. The molecule has 0 amide bonds. The highest BCUT2D eigenvalue weighted by molar-refractivity contribution is 7.89. The molecule has 1 saturated heterocycles. The van der Waals surface area contributed by atoms with Crippen LogP contribution in [0.5, 0.6) is 5.75 Å². The molecule has 0 spiro atoms. The number of nitrogens with one attached hydrogen (secondary N) is 2. The first-order chi connectivity index (χ1) is 14.4. The SMILES string of the molecule is COc1ccc(CCNc2ccc(S(=O)(=O)NC[C@@H]3CCCO3)cc2C(=O)O)cc1. The lowest BCUT2D eigenvalue weighted by Gasteiger charge is -2.14. The zero-order valence-corrected chi connectivity index (χ0v) is 17.6. The lowest BCUT2D eigenvalue weighted by Crippen LogP contribution is -2.32. The van der Waals surface area contributed by atoms with Crippen LogP contribution in [0.2, 0.25) is 0 Å². The molecule has 0 saturated carbocycles. The fourth-order valence-corrected chi connectivity index (χ4v) is 4.34. The number of carboxylic acid groups (broad SMARTS) is 1. The molecule has 0 aromatic heterocycles. The van der Waals surface area contributed by atoms with Crippen LogP contribution >= 0.6 is 0 Å². The number of methoxy groups -OCH3 is 1. The summed E-state index contributed by atoms with van der Waals surface area (Å²) >= 11 is 0. The second-order valence-electron chi connectivity index (χ2n) is 7.02. The molecule has 9 heteroatoms. The maximum atomic E-state index is 12.5. The summed E-state index contributed by atoms with van der Waals surface area (Å²) in [6, 6.07) is 11.7. The zero-order chi connectivity index (χ0) is 21.6. The molecule has 3 N–H and O–H groups in total. The van der Waals surface area contributed by atoms with Gasteiger partial charge in [-0.1, -0.05) is 12.1 Å². The summed E-state index contributed by atoms with van der Waals surface area (Å²) in [4.78, 5) is 11.6. The Kier molecular flexibility index (Phi) is 7.30. The smallest absolute Gasteiger partial charge is 0.337 e. The van der Waals surface area contributed by atoms with Gasteiger partial charge in [-0.15, -0.1) is 0 Å². The summed E-state index contributed by atoms with van der Waals surface area (Å²) in [6.07, 6.45) is 2.25. The third kappa shape index (κ3) is 5.71. The first-order valence-electron chi connectivity index (χ1n) is 9.74. The van der Waals surface area contributed by atoms with Gasteiger partial charge in [0.1, 0.15) is 5.75 Å². The van der Waals surface area contributed by atoms with Crippen molar-refractivity contribution in [3.63, 3.8) is 0 Å². The molecule has 2 aromatic carbocycles. The van der Waals surface area contributed by atoms with E-state index in [2.05, 4.69) is 10.0 Å². The maximum absolute atomic E-state index is 12.5. The van der Waals surface area contributed by atoms with E-state index in [1.165, 1.54) is 18.2 Å². The Morgan fingerprint density at radius 3 is 2.63 bits per heavy atom. The molecule has 0 radical (unpaired) electrons. The number of sulfonamides is 1. The topological polar surface area (TPSA) is 114 Å². The van der Waals surface area contributed by atoms with Crippen LogP contribution in [-0.4, -0.2) is 52.4 Å². The summed E-state index contributed by atoms with van der Waals surface area (Å²) in [7, 11) is -2.22. The van der Waals surface area contributed by atoms with Gasteiger partial charge in [-0.25, -0.2) is 17.9 Å². The van der Waals surface area contributed by atoms with E-state index in [4.69, 9.17) is 9.47 Å². The van der Waals surface area contributed by atoms with E-state index in [1.54, 1.807) is 7.11 Å². The van der Waals surface area contributed by atoms with E-state index in [0.29, 0.717) is 25.3 Å². The van der Waals surface area contributed by atoms with Crippen molar-refractivity contribution >= 4 is 21.7 Å². The van der Waals surface area contributed by atoms with Crippen molar-refractivity contribution in [3.05, 3.63) is 53.6 Å². The molecule has 0 aliphatic carbocycles. The van der Waals surface area contributed by atoms with Gasteiger partial charge in [-0.3, -0.25) is 0 Å². The van der Waals surface area contributed by atoms with E-state index in [1.807, 2.05) is 24.3 Å². The van der Waals surface area contributed by atoms with Gasteiger partial charge in [0.2, 0.25) is 10.0 Å². The lowest BCUT2D eigenvalue weighted by atomic mass is 10.1. The van der Waals surface area contributed by atoms with E-state index in [0.717, 1.165) is 24.2 Å². The van der Waals surface area contributed by atoms with Gasteiger partial charge < -0.3 is 19.9 Å². The molecule has 30 heavy (non-hydrogen) atoms. The monoisotopic (exact) mass is 434 g/mol. The van der Waals surface area contributed by atoms with Crippen molar-refractivity contribution < 1.29 is 27.8 Å². The standard InChI is InChI=1S/C21H26N2O6S/c1-28-16-6-4-15(5-7-16)10-11-22-20-9-8-18(13-19(20)21(24)25)30(26,27)23-14-17-3-2-12-29-17/h4-9,13,17,22-23H,2-3,10-12,14H2,1H3,(H,24,25)/t17-/m0/s1. The lowest BCUT2D eigenvalue weighted by molar-refractivity contribution is 0.0697. The Bertz CT molecular complexity index is 969. The molecule has 1 atom stereocenters. The Balaban J connectivity index is 1.65. The number of carbonyl (C=O) groups is 1. The molecule has 1 aliphatic heterocycles. The fraction of sp³-hybridized carbons (Fsp3) is 0.381. The number of benzene rings is 2. The number of aromatic carboxylic acids is 1. The van der Waals surface area contributed by atoms with Crippen LogP contribution in [0.25, 0.3) is 0 Å². The minimum atomic E-state index is -3.82. The van der Waals surface area contributed by atoms with Crippen LogP contribution in [0.3, 0.4) is 0 Å². The Labute approximate surface area is 176 Å². The van der Waals surface area contributed by atoms with Crippen molar-refractivity contribution in [2.24, 2.45) is 0 Å². The van der Waals surface area contributed by atoms with Crippen molar-refractivity contribution in [1.29, 1.82) is 0 Å². The first kappa shape index (κ1) is 22.1. The molecule has 8 nitrogen and oxygen atoms in total. The largest absolute Gasteiger partial charge is 0.497 e. The first-order valence-corrected chi connectivity index (χ1v) is 11.2. The summed E-state index contributed by atoms with van der Waals surface area (Å²) in [5.41, 5.74) is 1.34. The molecule has 1 aliphatic rings. The quantitative estimate of drug-likeness (QED) is 0.526. The van der Waals surface area contributed by atoms with Gasteiger partial charge in [0.25, 0.3) is 0 Å². The van der Waals surface area contributed by atoms with E-state index >= 15 is 0 Å². The maximum Gasteiger partial charge on any atom is 0.337 e. The molecular weight excluding hydrogens is 408 g/mol. The predicted octanol–water partition coefficient (Wildman–Crippen LogP) is 2.51. The fourth-order valence-electron chi connectivity index (χ4n) is 3.25. The molecule has 0 unspecified atom stereocenters. The molecular formula is C21H26N2O6S.